The first-order chi connectivity index (χ1) is 17.2. The lowest BCUT2D eigenvalue weighted by Crippen LogP contribution is -2.28. The van der Waals surface area contributed by atoms with E-state index in [1.807, 2.05) is 63.2 Å². The fourth-order valence-electron chi connectivity index (χ4n) is 3.52. The highest BCUT2D eigenvalue weighted by atomic mass is 79.9. The predicted octanol–water partition coefficient (Wildman–Crippen LogP) is 8.59. The number of methoxy groups -OCH3 is 1. The second-order valence-corrected chi connectivity index (χ2v) is 10.7. The first-order valence-electron chi connectivity index (χ1n) is 11.1. The van der Waals surface area contributed by atoms with Crippen molar-refractivity contribution in [3.63, 3.8) is 0 Å². The van der Waals surface area contributed by atoms with Crippen LogP contribution in [-0.4, -0.2) is 24.8 Å². The van der Waals surface area contributed by atoms with E-state index in [4.69, 9.17) is 37.7 Å². The average Bonchev–Trinajstić information content (AvgIpc) is 3.14. The quantitative estimate of drug-likeness (QED) is 0.264. The Hall–Kier alpha value is -2.45. The van der Waals surface area contributed by atoms with Crippen LogP contribution in [-0.2, 0) is 4.79 Å². The number of thioether (sulfide) groups is 1. The number of carbonyl (C=O) groups is 1. The van der Waals surface area contributed by atoms with Crippen molar-refractivity contribution < 1.29 is 14.3 Å². The summed E-state index contributed by atoms with van der Waals surface area (Å²) in [7, 11) is 1.58. The summed E-state index contributed by atoms with van der Waals surface area (Å²) in [5.74, 6) is 0.974. The van der Waals surface area contributed by atoms with E-state index in [9.17, 15) is 4.79 Å². The summed E-state index contributed by atoms with van der Waals surface area (Å²) < 4.78 is 11.9. The Bertz CT molecular complexity index is 1410. The van der Waals surface area contributed by atoms with Crippen LogP contribution in [0.25, 0.3) is 6.08 Å². The number of amidine groups is 1. The van der Waals surface area contributed by atoms with Gasteiger partial charge in [-0.3, -0.25) is 9.69 Å². The Kier molecular flexibility index (Phi) is 8.35. The molecule has 0 atom stereocenters. The minimum absolute atomic E-state index is 0.208. The number of hydrogen-bond acceptors (Lipinski definition) is 5. The molecule has 1 amide bonds. The van der Waals surface area contributed by atoms with Crippen molar-refractivity contribution in [2.24, 2.45) is 4.99 Å². The summed E-state index contributed by atoms with van der Waals surface area (Å²) in [6.45, 7) is 6.25. The van der Waals surface area contributed by atoms with Gasteiger partial charge in [0.1, 0.15) is 0 Å². The lowest BCUT2D eigenvalue weighted by molar-refractivity contribution is -0.113. The third-order valence-electron chi connectivity index (χ3n) is 5.44. The maximum atomic E-state index is 13.7. The number of aryl methyl sites for hydroxylation is 2. The molecule has 0 aromatic heterocycles. The van der Waals surface area contributed by atoms with Crippen molar-refractivity contribution in [1.82, 2.24) is 0 Å². The highest BCUT2D eigenvalue weighted by Crippen LogP contribution is 2.41. The SMILES string of the molecule is CCOc1c(Br)cc(/C=C2/SC(=Nc3ccc(C)c(Cl)c3)N(c3ccc(C)c(Cl)c3)C2=O)cc1OC. The van der Waals surface area contributed by atoms with E-state index in [2.05, 4.69) is 15.9 Å². The Labute approximate surface area is 233 Å². The molecule has 1 aliphatic rings. The van der Waals surface area contributed by atoms with Crippen LogP contribution >= 0.6 is 50.9 Å². The van der Waals surface area contributed by atoms with Crippen LogP contribution < -0.4 is 14.4 Å². The number of benzene rings is 3. The minimum atomic E-state index is -0.208. The Morgan fingerprint density at radius 2 is 1.75 bits per heavy atom. The van der Waals surface area contributed by atoms with Gasteiger partial charge < -0.3 is 9.47 Å². The third-order valence-corrected chi connectivity index (χ3v) is 7.81. The van der Waals surface area contributed by atoms with Gasteiger partial charge in [-0.15, -0.1) is 0 Å². The summed E-state index contributed by atoms with van der Waals surface area (Å²) in [5.41, 5.74) is 3.93. The van der Waals surface area contributed by atoms with E-state index in [1.165, 1.54) is 11.8 Å². The number of anilines is 1. The van der Waals surface area contributed by atoms with Gasteiger partial charge in [-0.1, -0.05) is 35.3 Å². The van der Waals surface area contributed by atoms with Gasteiger partial charge in [-0.2, -0.15) is 0 Å². The standard InChI is InChI=1S/C27H23BrCl2N2O3S/c1-5-35-25-20(28)10-17(11-23(25)34-4)12-24-26(33)32(19-9-7-16(3)22(30)14-19)27(36-24)31-18-8-6-15(2)21(29)13-18/h6-14H,5H2,1-4H3/b24-12+,31-27?. The van der Waals surface area contributed by atoms with Crippen molar-refractivity contribution >= 4 is 79.4 Å². The Morgan fingerprint density at radius 1 is 1.06 bits per heavy atom. The lowest BCUT2D eigenvalue weighted by atomic mass is 10.1. The zero-order valence-corrected chi connectivity index (χ0v) is 24.0. The molecular formula is C27H23BrCl2N2O3S. The number of aliphatic imine (C=N–C) groups is 1. The smallest absolute Gasteiger partial charge is 0.271 e. The number of rotatable bonds is 6. The van der Waals surface area contributed by atoms with Crippen molar-refractivity contribution in [3.05, 3.63) is 84.6 Å². The highest BCUT2D eigenvalue weighted by molar-refractivity contribution is 9.10. The Morgan fingerprint density at radius 3 is 2.39 bits per heavy atom. The zero-order chi connectivity index (χ0) is 26.0. The molecule has 4 rings (SSSR count). The van der Waals surface area contributed by atoms with Gasteiger partial charge in [-0.25, -0.2) is 4.99 Å². The number of carbonyl (C=O) groups excluding carboxylic acids is 1. The van der Waals surface area contributed by atoms with Crippen molar-refractivity contribution in [3.8, 4) is 11.5 Å². The van der Waals surface area contributed by atoms with Crippen LogP contribution in [0.15, 0.2) is 62.9 Å². The average molecular weight is 606 g/mol. The molecule has 0 aliphatic carbocycles. The van der Waals surface area contributed by atoms with Gasteiger partial charge in [0.2, 0.25) is 0 Å². The molecule has 5 nitrogen and oxygen atoms in total. The number of halogens is 3. The summed E-state index contributed by atoms with van der Waals surface area (Å²) in [5, 5.41) is 1.68. The third kappa shape index (κ3) is 5.59. The molecule has 0 N–H and O–H groups in total. The van der Waals surface area contributed by atoms with Gasteiger partial charge in [0.25, 0.3) is 5.91 Å². The van der Waals surface area contributed by atoms with Crippen LogP contribution in [0, 0.1) is 13.8 Å². The van der Waals surface area contributed by atoms with Crippen LogP contribution in [0.5, 0.6) is 11.5 Å². The second-order valence-electron chi connectivity index (χ2n) is 7.98. The summed E-state index contributed by atoms with van der Waals surface area (Å²) in [6.07, 6.45) is 1.81. The first kappa shape index (κ1) is 26.6. The number of nitrogens with zero attached hydrogens (tertiary/aromatic N) is 2. The van der Waals surface area contributed by atoms with E-state index in [0.29, 0.717) is 49.6 Å². The monoisotopic (exact) mass is 604 g/mol. The van der Waals surface area contributed by atoms with Crippen LogP contribution in [0.4, 0.5) is 11.4 Å². The van der Waals surface area contributed by atoms with E-state index >= 15 is 0 Å². The largest absolute Gasteiger partial charge is 0.493 e. The fraction of sp³-hybridized carbons (Fsp3) is 0.185. The molecule has 0 bridgehead atoms. The molecule has 0 unspecified atom stereocenters. The molecule has 0 spiro atoms. The maximum absolute atomic E-state index is 13.7. The van der Waals surface area contributed by atoms with Gasteiger partial charge in [0.15, 0.2) is 16.7 Å². The molecule has 1 heterocycles. The van der Waals surface area contributed by atoms with E-state index in [0.717, 1.165) is 21.2 Å². The zero-order valence-electron chi connectivity index (χ0n) is 20.1. The highest BCUT2D eigenvalue weighted by Gasteiger charge is 2.35. The molecule has 0 saturated carbocycles. The van der Waals surface area contributed by atoms with Crippen molar-refractivity contribution in [2.75, 3.05) is 18.6 Å². The molecule has 186 valence electrons. The van der Waals surface area contributed by atoms with Gasteiger partial charge in [-0.05, 0) is 108 Å². The number of amides is 1. The minimum Gasteiger partial charge on any atom is -0.493 e. The van der Waals surface area contributed by atoms with Crippen LogP contribution in [0.1, 0.15) is 23.6 Å². The van der Waals surface area contributed by atoms with Gasteiger partial charge in [0.05, 0.1) is 34.5 Å². The van der Waals surface area contributed by atoms with Gasteiger partial charge >= 0.3 is 0 Å². The molecule has 36 heavy (non-hydrogen) atoms. The summed E-state index contributed by atoms with van der Waals surface area (Å²) >= 11 is 17.5. The molecule has 3 aromatic carbocycles. The lowest BCUT2D eigenvalue weighted by Gasteiger charge is -2.16. The summed E-state index contributed by atoms with van der Waals surface area (Å²) in [6, 6.07) is 14.8. The molecule has 0 radical (unpaired) electrons. The fourth-order valence-corrected chi connectivity index (χ4v) is 5.44. The first-order valence-corrected chi connectivity index (χ1v) is 13.4. The van der Waals surface area contributed by atoms with Crippen LogP contribution in [0.3, 0.4) is 0 Å². The molecule has 3 aromatic rings. The predicted molar refractivity (Wildman–Crippen MR) is 154 cm³/mol. The molecular weight excluding hydrogens is 583 g/mol. The molecule has 1 aliphatic heterocycles. The number of ether oxygens (including phenoxy) is 2. The van der Waals surface area contributed by atoms with E-state index in [1.54, 1.807) is 24.1 Å². The van der Waals surface area contributed by atoms with Crippen LogP contribution in [0.2, 0.25) is 10.0 Å². The van der Waals surface area contributed by atoms with E-state index < -0.39 is 0 Å². The number of hydrogen-bond donors (Lipinski definition) is 0. The molecule has 1 fully saturated rings. The van der Waals surface area contributed by atoms with Crippen molar-refractivity contribution in [2.45, 2.75) is 20.8 Å². The summed E-state index contributed by atoms with van der Waals surface area (Å²) in [4.78, 5) is 20.5. The maximum Gasteiger partial charge on any atom is 0.271 e. The van der Waals surface area contributed by atoms with E-state index in [-0.39, 0.29) is 5.91 Å². The Balaban J connectivity index is 1.80. The molecule has 1 saturated heterocycles. The van der Waals surface area contributed by atoms with Crippen molar-refractivity contribution in [1.29, 1.82) is 0 Å². The normalized spacial score (nSPS) is 15.8. The molecule has 9 heteroatoms. The second kappa shape index (κ2) is 11.3. The van der Waals surface area contributed by atoms with Gasteiger partial charge in [0, 0.05) is 10.0 Å². The topological polar surface area (TPSA) is 51.1 Å².